The summed E-state index contributed by atoms with van der Waals surface area (Å²) in [5, 5.41) is 9.26. The van der Waals surface area contributed by atoms with Gasteiger partial charge in [-0.05, 0) is 18.4 Å². The van der Waals surface area contributed by atoms with Crippen molar-refractivity contribution in [2.75, 3.05) is 6.61 Å². The van der Waals surface area contributed by atoms with E-state index in [1.807, 2.05) is 25.1 Å². The van der Waals surface area contributed by atoms with Crippen LogP contribution < -0.4 is 0 Å². The first kappa shape index (κ1) is 12.4. The molecular weight excluding hydrogens is 244 g/mol. The number of hydrogen-bond donors (Lipinski definition) is 1. The third-order valence-corrected chi connectivity index (χ3v) is 4.59. The van der Waals surface area contributed by atoms with E-state index in [9.17, 15) is 14.7 Å². The van der Waals surface area contributed by atoms with Crippen LogP contribution in [0.1, 0.15) is 29.3 Å². The Morgan fingerprint density at radius 3 is 2.79 bits per heavy atom. The van der Waals surface area contributed by atoms with Crippen molar-refractivity contribution in [3.05, 3.63) is 35.4 Å². The van der Waals surface area contributed by atoms with Crippen molar-refractivity contribution in [2.24, 2.45) is 11.3 Å². The van der Waals surface area contributed by atoms with Crippen molar-refractivity contribution >= 4 is 11.8 Å². The van der Waals surface area contributed by atoms with Gasteiger partial charge in [0.25, 0.3) is 0 Å². The third-order valence-electron chi connectivity index (χ3n) is 4.59. The second-order valence-corrected chi connectivity index (χ2v) is 5.37. The number of Topliss-reactive ketones (excluding diaryl/α,β-unsaturated/α-hetero) is 1. The van der Waals surface area contributed by atoms with Crippen molar-refractivity contribution in [3.8, 4) is 0 Å². The van der Waals surface area contributed by atoms with Gasteiger partial charge in [-0.1, -0.05) is 31.2 Å². The maximum Gasteiger partial charge on any atom is 0.320 e. The van der Waals surface area contributed by atoms with Crippen molar-refractivity contribution < 1.29 is 19.4 Å². The van der Waals surface area contributed by atoms with Crippen LogP contribution in [0.15, 0.2) is 24.3 Å². The highest BCUT2D eigenvalue weighted by Gasteiger charge is 2.60. The van der Waals surface area contributed by atoms with Gasteiger partial charge in [0.05, 0.1) is 6.61 Å². The van der Waals surface area contributed by atoms with Gasteiger partial charge in [-0.15, -0.1) is 0 Å². The number of hydrogen-bond acceptors (Lipinski definition) is 4. The summed E-state index contributed by atoms with van der Waals surface area (Å²) in [5.74, 6) is -0.910. The Bertz CT molecular complexity index is 551. The van der Waals surface area contributed by atoms with Crippen molar-refractivity contribution in [2.45, 2.75) is 25.9 Å². The molecule has 4 nitrogen and oxygen atoms in total. The van der Waals surface area contributed by atoms with Crippen LogP contribution >= 0.6 is 0 Å². The fraction of sp³-hybridized carbons (Fsp3) is 0.467. The molecule has 1 aromatic carbocycles. The summed E-state index contributed by atoms with van der Waals surface area (Å²) in [6.45, 7) is 1.58. The van der Waals surface area contributed by atoms with Crippen molar-refractivity contribution in [1.29, 1.82) is 0 Å². The molecule has 2 aliphatic rings. The third kappa shape index (κ3) is 1.49. The lowest BCUT2D eigenvalue weighted by Crippen LogP contribution is -2.44. The summed E-state index contributed by atoms with van der Waals surface area (Å²) in [4.78, 5) is 24.9. The van der Waals surface area contributed by atoms with Crippen LogP contribution in [0.2, 0.25) is 0 Å². The van der Waals surface area contributed by atoms with Crippen LogP contribution in [0.3, 0.4) is 0 Å². The molecule has 1 saturated heterocycles. The van der Waals surface area contributed by atoms with Gasteiger partial charge in [0, 0.05) is 11.5 Å². The maximum atomic E-state index is 12.7. The standard InChI is InChI=1S/C15H16O4/c1-9-12(8-16)19-14(18)15(9)7-6-10-4-2-3-5-11(10)13(15)17/h2-5,9,12,16H,6-8H2,1H3/t9-,12-,15-/m0/s1. The summed E-state index contributed by atoms with van der Waals surface area (Å²) in [6.07, 6.45) is 0.598. The van der Waals surface area contributed by atoms with E-state index in [1.165, 1.54) is 0 Å². The molecule has 4 heteroatoms. The normalized spacial score (nSPS) is 33.4. The Labute approximate surface area is 111 Å². The number of esters is 1. The lowest BCUT2D eigenvalue weighted by Gasteiger charge is -2.33. The summed E-state index contributed by atoms with van der Waals surface area (Å²) < 4.78 is 5.19. The van der Waals surface area contributed by atoms with E-state index < -0.39 is 17.5 Å². The minimum Gasteiger partial charge on any atom is -0.459 e. The number of aliphatic hydroxyl groups is 1. The predicted molar refractivity (Wildman–Crippen MR) is 67.7 cm³/mol. The molecule has 3 rings (SSSR count). The molecule has 0 radical (unpaired) electrons. The molecule has 1 heterocycles. The SMILES string of the molecule is C[C@H]1[C@H](CO)OC(=O)[C@@]12CCc1ccccc1C2=O. The van der Waals surface area contributed by atoms with E-state index in [1.54, 1.807) is 6.07 Å². The second-order valence-electron chi connectivity index (χ2n) is 5.37. The van der Waals surface area contributed by atoms with Gasteiger partial charge >= 0.3 is 5.97 Å². The number of ketones is 1. The van der Waals surface area contributed by atoms with Crippen LogP contribution in [-0.2, 0) is 16.0 Å². The van der Waals surface area contributed by atoms with Crippen LogP contribution in [0.5, 0.6) is 0 Å². The van der Waals surface area contributed by atoms with Gasteiger partial charge in [-0.3, -0.25) is 9.59 Å². The second kappa shape index (κ2) is 4.17. The Morgan fingerprint density at radius 1 is 1.37 bits per heavy atom. The number of rotatable bonds is 1. The van der Waals surface area contributed by atoms with Gasteiger partial charge in [-0.2, -0.15) is 0 Å². The maximum absolute atomic E-state index is 12.7. The molecule has 1 aliphatic heterocycles. The number of benzene rings is 1. The first-order chi connectivity index (χ1) is 9.11. The average Bonchev–Trinajstić information content (AvgIpc) is 2.68. The quantitative estimate of drug-likeness (QED) is 0.611. The Hall–Kier alpha value is -1.68. The molecule has 1 fully saturated rings. The fourth-order valence-electron chi connectivity index (χ4n) is 3.32. The van der Waals surface area contributed by atoms with E-state index in [4.69, 9.17) is 4.74 Å². The lowest BCUT2D eigenvalue weighted by atomic mass is 9.64. The molecule has 3 atom stereocenters. The zero-order valence-corrected chi connectivity index (χ0v) is 10.8. The number of cyclic esters (lactones) is 1. The highest BCUT2D eigenvalue weighted by atomic mass is 16.6. The van der Waals surface area contributed by atoms with E-state index >= 15 is 0 Å². The Balaban J connectivity index is 2.08. The zero-order valence-electron chi connectivity index (χ0n) is 10.8. The molecule has 1 aromatic rings. The van der Waals surface area contributed by atoms with Crippen LogP contribution in [-0.4, -0.2) is 29.6 Å². The van der Waals surface area contributed by atoms with Crippen molar-refractivity contribution in [1.82, 2.24) is 0 Å². The number of carbonyl (C=O) groups is 2. The molecule has 0 aromatic heterocycles. The minimum atomic E-state index is -1.10. The minimum absolute atomic E-state index is 0.150. The van der Waals surface area contributed by atoms with Gasteiger partial charge in [0.2, 0.25) is 0 Å². The monoisotopic (exact) mass is 260 g/mol. The van der Waals surface area contributed by atoms with Gasteiger partial charge in [-0.25, -0.2) is 0 Å². The first-order valence-corrected chi connectivity index (χ1v) is 6.56. The van der Waals surface area contributed by atoms with Crippen LogP contribution in [0.25, 0.3) is 0 Å². The topological polar surface area (TPSA) is 63.6 Å². The van der Waals surface area contributed by atoms with E-state index in [0.717, 1.165) is 5.56 Å². The molecule has 0 amide bonds. The van der Waals surface area contributed by atoms with Crippen molar-refractivity contribution in [3.63, 3.8) is 0 Å². The van der Waals surface area contributed by atoms with E-state index in [-0.39, 0.29) is 18.3 Å². The molecule has 1 N–H and O–H groups in total. The van der Waals surface area contributed by atoms with Crippen LogP contribution in [0, 0.1) is 11.3 Å². The molecule has 19 heavy (non-hydrogen) atoms. The Morgan fingerprint density at radius 2 is 2.11 bits per heavy atom. The van der Waals surface area contributed by atoms with E-state index in [2.05, 4.69) is 0 Å². The summed E-state index contributed by atoms with van der Waals surface area (Å²) >= 11 is 0. The average molecular weight is 260 g/mol. The summed E-state index contributed by atoms with van der Waals surface area (Å²) in [5.41, 5.74) is 0.517. The smallest absolute Gasteiger partial charge is 0.320 e. The Kier molecular flexibility index (Phi) is 2.71. The van der Waals surface area contributed by atoms with Crippen LogP contribution in [0.4, 0.5) is 0 Å². The molecule has 0 bridgehead atoms. The molecule has 1 spiro atoms. The van der Waals surface area contributed by atoms with Gasteiger partial charge in [0.15, 0.2) is 5.78 Å². The number of aryl methyl sites for hydroxylation is 1. The summed E-state index contributed by atoms with van der Waals surface area (Å²) in [7, 11) is 0. The van der Waals surface area contributed by atoms with Gasteiger partial charge in [0.1, 0.15) is 11.5 Å². The number of carbonyl (C=O) groups excluding carboxylic acids is 2. The fourth-order valence-corrected chi connectivity index (χ4v) is 3.32. The molecule has 0 saturated carbocycles. The largest absolute Gasteiger partial charge is 0.459 e. The highest BCUT2D eigenvalue weighted by molar-refractivity contribution is 6.15. The summed E-state index contributed by atoms with van der Waals surface area (Å²) in [6, 6.07) is 7.40. The number of fused-ring (bicyclic) bond motifs is 1. The zero-order chi connectivity index (χ0) is 13.6. The molecule has 100 valence electrons. The molecule has 0 unspecified atom stereocenters. The lowest BCUT2D eigenvalue weighted by molar-refractivity contribution is -0.148. The molecular formula is C15H16O4. The molecule has 1 aliphatic carbocycles. The number of aliphatic hydroxyl groups excluding tert-OH is 1. The highest BCUT2D eigenvalue weighted by Crippen LogP contribution is 2.48. The number of ether oxygens (including phenoxy) is 1. The van der Waals surface area contributed by atoms with Gasteiger partial charge < -0.3 is 9.84 Å². The van der Waals surface area contributed by atoms with E-state index in [0.29, 0.717) is 18.4 Å². The predicted octanol–water partition coefficient (Wildman–Crippen LogP) is 1.36. The first-order valence-electron chi connectivity index (χ1n) is 6.56.